The maximum Gasteiger partial charge on any atom is 0.407 e. The van der Waals surface area contributed by atoms with E-state index in [1.54, 1.807) is 18.2 Å². The number of carbonyl (C=O) groups is 3. The van der Waals surface area contributed by atoms with Gasteiger partial charge in [0.1, 0.15) is 36.1 Å². The second-order valence-corrected chi connectivity index (χ2v) is 10.2. The number of aliphatic carboxylic acids is 1. The molecule has 2 aliphatic rings. The van der Waals surface area contributed by atoms with Crippen molar-refractivity contribution in [3.8, 4) is 22.6 Å². The standard InChI is InChI=1S/C29H28N2O7S/c1-36-17-11-12-22(25(13-17)37-2)27-31(24(16-39-27)28(33)34)26(32)14-30-29(35)38-15-23-20-9-5-3-7-18(20)19-8-4-6-10-21(19)23/h3-13,23-24,27H,14-16H2,1-2H3,(H,30,35)(H,33,34)/t24-,27+/m0/s1. The van der Waals surface area contributed by atoms with Crippen LogP contribution in [0, 0.1) is 0 Å². The molecule has 0 spiro atoms. The Morgan fingerprint density at radius 1 is 0.949 bits per heavy atom. The number of hydrogen-bond acceptors (Lipinski definition) is 7. The van der Waals surface area contributed by atoms with Crippen molar-refractivity contribution >= 4 is 29.7 Å². The van der Waals surface area contributed by atoms with E-state index in [0.29, 0.717) is 17.1 Å². The second kappa shape index (κ2) is 11.3. The highest BCUT2D eigenvalue weighted by atomic mass is 32.2. The van der Waals surface area contributed by atoms with Crippen LogP contribution in [0.1, 0.15) is 28.0 Å². The highest BCUT2D eigenvalue weighted by Gasteiger charge is 2.43. The fourth-order valence-electron chi connectivity index (χ4n) is 5.15. The van der Waals surface area contributed by atoms with Gasteiger partial charge in [0.2, 0.25) is 5.91 Å². The number of amides is 2. The van der Waals surface area contributed by atoms with Crippen LogP contribution in [0.3, 0.4) is 0 Å². The Hall–Kier alpha value is -4.18. The summed E-state index contributed by atoms with van der Waals surface area (Å²) < 4.78 is 16.3. The number of carbonyl (C=O) groups excluding carboxylic acids is 2. The minimum Gasteiger partial charge on any atom is -0.497 e. The molecule has 1 fully saturated rings. The molecule has 3 aromatic carbocycles. The lowest BCUT2D eigenvalue weighted by molar-refractivity contribution is -0.148. The van der Waals surface area contributed by atoms with E-state index in [1.165, 1.54) is 30.9 Å². The van der Waals surface area contributed by atoms with Gasteiger partial charge in [0, 0.05) is 23.3 Å². The smallest absolute Gasteiger partial charge is 0.407 e. The van der Waals surface area contributed by atoms with E-state index >= 15 is 0 Å². The fraction of sp³-hybridized carbons (Fsp3) is 0.276. The fourth-order valence-corrected chi connectivity index (χ4v) is 6.62. The number of benzene rings is 3. The molecule has 3 aromatic rings. The molecule has 202 valence electrons. The summed E-state index contributed by atoms with van der Waals surface area (Å²) in [7, 11) is 3.03. The predicted octanol–water partition coefficient (Wildman–Crippen LogP) is 4.27. The molecule has 39 heavy (non-hydrogen) atoms. The molecule has 5 rings (SSSR count). The van der Waals surface area contributed by atoms with E-state index in [9.17, 15) is 19.5 Å². The Labute approximate surface area is 230 Å². The van der Waals surface area contributed by atoms with Crippen molar-refractivity contribution in [2.24, 2.45) is 0 Å². The zero-order valence-corrected chi connectivity index (χ0v) is 22.3. The normalized spacial score (nSPS) is 17.7. The number of nitrogens with one attached hydrogen (secondary N) is 1. The number of fused-ring (bicyclic) bond motifs is 3. The molecule has 0 unspecified atom stereocenters. The molecule has 1 saturated heterocycles. The summed E-state index contributed by atoms with van der Waals surface area (Å²) in [6, 6.07) is 20.1. The van der Waals surface area contributed by atoms with Crippen molar-refractivity contribution in [2.75, 3.05) is 33.1 Å². The van der Waals surface area contributed by atoms with Crippen molar-refractivity contribution in [3.63, 3.8) is 0 Å². The van der Waals surface area contributed by atoms with Gasteiger partial charge in [0.15, 0.2) is 0 Å². The van der Waals surface area contributed by atoms with E-state index in [0.717, 1.165) is 22.3 Å². The third-order valence-corrected chi connectivity index (χ3v) is 8.31. The number of alkyl carbamates (subject to hydrolysis) is 1. The van der Waals surface area contributed by atoms with E-state index in [4.69, 9.17) is 14.2 Å². The van der Waals surface area contributed by atoms with Crippen LogP contribution in [0.5, 0.6) is 11.5 Å². The molecule has 1 aliphatic carbocycles. The van der Waals surface area contributed by atoms with Gasteiger partial charge in [0.25, 0.3) is 0 Å². The molecule has 2 amide bonds. The van der Waals surface area contributed by atoms with Gasteiger partial charge in [-0.3, -0.25) is 4.79 Å². The topological polar surface area (TPSA) is 114 Å². The summed E-state index contributed by atoms with van der Waals surface area (Å²) in [5, 5.41) is 11.7. The quantitative estimate of drug-likeness (QED) is 0.429. The van der Waals surface area contributed by atoms with E-state index in [1.807, 2.05) is 48.5 Å². The maximum atomic E-state index is 13.3. The first-order valence-electron chi connectivity index (χ1n) is 12.4. The average Bonchev–Trinajstić information content (AvgIpc) is 3.54. The number of ether oxygens (including phenoxy) is 3. The number of nitrogens with zero attached hydrogens (tertiary/aromatic N) is 1. The van der Waals surface area contributed by atoms with Crippen LogP contribution < -0.4 is 14.8 Å². The minimum atomic E-state index is -1.12. The SMILES string of the molecule is COc1ccc([C@H]2SC[C@@H](C(=O)O)N2C(=O)CNC(=O)OCC2c3ccccc3-c3ccccc32)c(OC)c1. The Bertz CT molecular complexity index is 1370. The molecule has 10 heteroatoms. The average molecular weight is 549 g/mol. The maximum absolute atomic E-state index is 13.3. The molecule has 2 N–H and O–H groups in total. The van der Waals surface area contributed by atoms with Gasteiger partial charge in [-0.2, -0.15) is 0 Å². The van der Waals surface area contributed by atoms with E-state index < -0.39 is 35.9 Å². The van der Waals surface area contributed by atoms with Crippen LogP contribution in [0.4, 0.5) is 4.79 Å². The summed E-state index contributed by atoms with van der Waals surface area (Å²) in [6.45, 7) is -0.299. The summed E-state index contributed by atoms with van der Waals surface area (Å²) in [5.41, 5.74) is 5.03. The third-order valence-electron chi connectivity index (χ3n) is 7.01. The van der Waals surface area contributed by atoms with Gasteiger partial charge in [-0.05, 0) is 34.4 Å². The van der Waals surface area contributed by atoms with Crippen LogP contribution in [0.25, 0.3) is 11.1 Å². The lowest BCUT2D eigenvalue weighted by Crippen LogP contribution is -2.47. The molecule has 0 bridgehead atoms. The van der Waals surface area contributed by atoms with E-state index in [-0.39, 0.29) is 18.3 Å². The zero-order valence-electron chi connectivity index (χ0n) is 21.5. The molecular weight excluding hydrogens is 520 g/mol. The predicted molar refractivity (Wildman–Crippen MR) is 146 cm³/mol. The van der Waals surface area contributed by atoms with E-state index in [2.05, 4.69) is 5.32 Å². The number of hydrogen-bond donors (Lipinski definition) is 2. The highest BCUT2D eigenvalue weighted by molar-refractivity contribution is 7.99. The number of carboxylic acid groups (broad SMARTS) is 1. The van der Waals surface area contributed by atoms with Crippen molar-refractivity contribution in [2.45, 2.75) is 17.3 Å². The Morgan fingerprint density at radius 3 is 2.23 bits per heavy atom. The van der Waals surface area contributed by atoms with Crippen LogP contribution in [-0.4, -0.2) is 67.1 Å². The van der Waals surface area contributed by atoms with Crippen LogP contribution >= 0.6 is 11.8 Å². The molecule has 2 atom stereocenters. The number of methoxy groups -OCH3 is 2. The van der Waals surface area contributed by atoms with Gasteiger partial charge < -0.3 is 29.5 Å². The lowest BCUT2D eigenvalue weighted by Gasteiger charge is -2.28. The zero-order chi connectivity index (χ0) is 27.5. The Kier molecular flexibility index (Phi) is 7.65. The first kappa shape index (κ1) is 26.4. The number of rotatable bonds is 8. The van der Waals surface area contributed by atoms with Crippen LogP contribution in [0.15, 0.2) is 66.7 Å². The Balaban J connectivity index is 1.26. The molecule has 1 heterocycles. The van der Waals surface area contributed by atoms with Crippen LogP contribution in [-0.2, 0) is 14.3 Å². The number of thioether (sulfide) groups is 1. The summed E-state index contributed by atoms with van der Waals surface area (Å²) >= 11 is 1.32. The monoisotopic (exact) mass is 548 g/mol. The molecule has 0 radical (unpaired) electrons. The summed E-state index contributed by atoms with van der Waals surface area (Å²) in [4.78, 5) is 39.1. The Morgan fingerprint density at radius 2 is 1.62 bits per heavy atom. The van der Waals surface area contributed by atoms with Crippen molar-refractivity contribution in [3.05, 3.63) is 83.4 Å². The molecule has 1 aliphatic heterocycles. The molecule has 0 saturated carbocycles. The first-order chi connectivity index (χ1) is 18.9. The van der Waals surface area contributed by atoms with Gasteiger partial charge in [-0.1, -0.05) is 48.5 Å². The van der Waals surface area contributed by atoms with Crippen molar-refractivity contribution < 1.29 is 33.7 Å². The summed E-state index contributed by atoms with van der Waals surface area (Å²) in [6.07, 6.45) is -0.748. The van der Waals surface area contributed by atoms with Gasteiger partial charge >= 0.3 is 12.1 Å². The summed E-state index contributed by atoms with van der Waals surface area (Å²) in [5.74, 6) is -0.525. The molecule has 0 aromatic heterocycles. The van der Waals surface area contributed by atoms with Crippen molar-refractivity contribution in [1.29, 1.82) is 0 Å². The second-order valence-electron chi connectivity index (χ2n) is 9.13. The largest absolute Gasteiger partial charge is 0.497 e. The third kappa shape index (κ3) is 5.12. The highest BCUT2D eigenvalue weighted by Crippen LogP contribution is 2.46. The van der Waals surface area contributed by atoms with Gasteiger partial charge in [-0.15, -0.1) is 11.8 Å². The minimum absolute atomic E-state index is 0.108. The van der Waals surface area contributed by atoms with Gasteiger partial charge in [-0.25, -0.2) is 9.59 Å². The molecule has 9 nitrogen and oxygen atoms in total. The van der Waals surface area contributed by atoms with Crippen LogP contribution in [0.2, 0.25) is 0 Å². The first-order valence-corrected chi connectivity index (χ1v) is 13.4. The lowest BCUT2D eigenvalue weighted by atomic mass is 9.98. The van der Waals surface area contributed by atoms with Crippen molar-refractivity contribution in [1.82, 2.24) is 10.2 Å². The van der Waals surface area contributed by atoms with Gasteiger partial charge in [0.05, 0.1) is 14.2 Å². The number of carboxylic acids is 1. The molecular formula is C29H28N2O7S.